The molecular weight excluding hydrogens is 413 g/mol. The van der Waals surface area contributed by atoms with Crippen molar-refractivity contribution < 1.29 is 18.8 Å². The minimum atomic E-state index is -0.578. The predicted molar refractivity (Wildman–Crippen MR) is 112 cm³/mol. The van der Waals surface area contributed by atoms with E-state index in [9.17, 15) is 18.8 Å². The van der Waals surface area contributed by atoms with E-state index in [1.54, 1.807) is 33.7 Å². The molecule has 0 aromatic heterocycles. The van der Waals surface area contributed by atoms with Gasteiger partial charge in [-0.25, -0.2) is 4.39 Å². The van der Waals surface area contributed by atoms with Crippen molar-refractivity contribution in [1.29, 1.82) is 0 Å². The lowest BCUT2D eigenvalue weighted by Crippen LogP contribution is -2.65. The van der Waals surface area contributed by atoms with Crippen LogP contribution in [0.15, 0.2) is 24.3 Å². The third kappa shape index (κ3) is 3.99. The van der Waals surface area contributed by atoms with Gasteiger partial charge in [0.15, 0.2) is 0 Å². The first-order valence-electron chi connectivity index (χ1n) is 9.75. The minimum absolute atomic E-state index is 0.00896. The maximum absolute atomic E-state index is 13.2. The van der Waals surface area contributed by atoms with Gasteiger partial charge in [0, 0.05) is 24.1 Å². The third-order valence-corrected chi connectivity index (χ3v) is 7.78. The second kappa shape index (κ2) is 8.55. The topological polar surface area (TPSA) is 69.7 Å². The maximum Gasteiger partial charge on any atom is 0.248 e. The van der Waals surface area contributed by atoms with Crippen molar-refractivity contribution in [1.82, 2.24) is 15.1 Å². The number of nitrogens with one attached hydrogen (secondary N) is 1. The Kier molecular flexibility index (Phi) is 6.06. The fraction of sp³-hybridized carbons (Fsp3) is 0.550. The first-order chi connectivity index (χ1) is 14.0. The first kappa shape index (κ1) is 20.5. The van der Waals surface area contributed by atoms with Crippen molar-refractivity contribution in [2.75, 3.05) is 25.1 Å². The van der Waals surface area contributed by atoms with Gasteiger partial charge in [-0.15, -0.1) is 0 Å². The van der Waals surface area contributed by atoms with Crippen molar-refractivity contribution in [3.8, 4) is 0 Å². The third-order valence-electron chi connectivity index (χ3n) is 5.81. The fourth-order valence-electron chi connectivity index (χ4n) is 4.48. The molecule has 156 valence electrons. The van der Waals surface area contributed by atoms with Crippen LogP contribution in [-0.2, 0) is 20.1 Å². The van der Waals surface area contributed by atoms with Crippen LogP contribution in [0, 0.1) is 5.82 Å². The largest absolute Gasteiger partial charge is 0.350 e. The van der Waals surface area contributed by atoms with Crippen molar-refractivity contribution in [3.05, 3.63) is 35.6 Å². The fourth-order valence-corrected chi connectivity index (χ4v) is 6.14. The van der Waals surface area contributed by atoms with Gasteiger partial charge in [-0.05, 0) is 36.8 Å². The van der Waals surface area contributed by atoms with Crippen molar-refractivity contribution >= 4 is 41.2 Å². The van der Waals surface area contributed by atoms with Gasteiger partial charge in [0.2, 0.25) is 17.7 Å². The van der Waals surface area contributed by atoms with Crippen molar-refractivity contribution in [2.45, 2.75) is 42.0 Å². The number of hydrogen-bond donors (Lipinski definition) is 1. The van der Waals surface area contributed by atoms with Crippen molar-refractivity contribution in [3.63, 3.8) is 0 Å². The predicted octanol–water partition coefficient (Wildman–Crippen LogP) is 1.49. The molecule has 3 aliphatic heterocycles. The van der Waals surface area contributed by atoms with Crippen LogP contribution in [0.1, 0.15) is 18.4 Å². The second-order valence-electron chi connectivity index (χ2n) is 7.61. The second-order valence-corrected chi connectivity index (χ2v) is 9.71. The molecule has 1 aromatic rings. The zero-order valence-electron chi connectivity index (χ0n) is 16.2. The highest BCUT2D eigenvalue weighted by Crippen LogP contribution is 2.38. The quantitative estimate of drug-likeness (QED) is 0.730. The Labute approximate surface area is 177 Å². The highest BCUT2D eigenvalue weighted by Gasteiger charge is 2.56. The van der Waals surface area contributed by atoms with Crippen LogP contribution in [0.5, 0.6) is 0 Å². The number of nitrogens with zero attached hydrogens (tertiary/aromatic N) is 2. The van der Waals surface area contributed by atoms with Crippen LogP contribution in [0.2, 0.25) is 0 Å². The van der Waals surface area contributed by atoms with Crippen LogP contribution in [0.25, 0.3) is 0 Å². The summed E-state index contributed by atoms with van der Waals surface area (Å²) in [6.45, 7) is 1.06. The lowest BCUT2D eigenvalue weighted by molar-refractivity contribution is -0.157. The van der Waals surface area contributed by atoms with E-state index in [0.717, 1.165) is 12.0 Å². The van der Waals surface area contributed by atoms with Crippen LogP contribution < -0.4 is 5.32 Å². The van der Waals surface area contributed by atoms with Crippen LogP contribution in [-0.4, -0.2) is 76.0 Å². The van der Waals surface area contributed by atoms with Crippen LogP contribution >= 0.6 is 23.5 Å². The molecule has 3 heterocycles. The molecule has 1 aromatic carbocycles. The van der Waals surface area contributed by atoms with Gasteiger partial charge in [0.25, 0.3) is 0 Å². The molecule has 0 radical (unpaired) electrons. The van der Waals surface area contributed by atoms with E-state index < -0.39 is 12.1 Å². The molecule has 4 atom stereocenters. The molecule has 3 amide bonds. The highest BCUT2D eigenvalue weighted by molar-refractivity contribution is 7.99. The Bertz CT molecular complexity index is 807. The molecular formula is C20H24FN3O3S2. The summed E-state index contributed by atoms with van der Waals surface area (Å²) in [5.74, 6) is 0.601. The van der Waals surface area contributed by atoms with E-state index in [0.29, 0.717) is 31.0 Å². The van der Waals surface area contributed by atoms with Crippen LogP contribution in [0.3, 0.4) is 0 Å². The normalized spacial score (nSPS) is 28.5. The van der Waals surface area contributed by atoms with Gasteiger partial charge in [-0.2, -0.15) is 23.5 Å². The number of rotatable bonds is 6. The molecule has 0 aliphatic carbocycles. The molecule has 0 spiro atoms. The van der Waals surface area contributed by atoms with Crippen LogP contribution in [0.4, 0.5) is 4.39 Å². The number of hydrogen-bond acceptors (Lipinski definition) is 5. The van der Waals surface area contributed by atoms with Gasteiger partial charge >= 0.3 is 0 Å². The zero-order chi connectivity index (χ0) is 20.5. The zero-order valence-corrected chi connectivity index (χ0v) is 17.8. The Hall–Kier alpha value is -1.74. The number of benzene rings is 1. The van der Waals surface area contributed by atoms with Crippen molar-refractivity contribution in [2.24, 2.45) is 0 Å². The summed E-state index contributed by atoms with van der Waals surface area (Å²) in [4.78, 5) is 41.8. The summed E-state index contributed by atoms with van der Waals surface area (Å²) in [6.07, 6.45) is 3.22. The lowest BCUT2D eigenvalue weighted by Gasteiger charge is -2.41. The molecule has 0 saturated carbocycles. The Balaban J connectivity index is 1.44. The molecule has 4 rings (SSSR count). The summed E-state index contributed by atoms with van der Waals surface area (Å²) < 4.78 is 13.1. The first-order valence-corrected chi connectivity index (χ1v) is 12.2. The summed E-state index contributed by atoms with van der Waals surface area (Å²) >= 11 is 3.08. The molecule has 3 saturated heterocycles. The Morgan fingerprint density at radius 2 is 1.76 bits per heavy atom. The van der Waals surface area contributed by atoms with E-state index >= 15 is 0 Å². The average molecular weight is 438 g/mol. The Morgan fingerprint density at radius 1 is 1.10 bits per heavy atom. The molecule has 3 aliphatic rings. The number of piperazine rings is 1. The van der Waals surface area contributed by atoms with E-state index in [2.05, 4.69) is 5.32 Å². The lowest BCUT2D eigenvalue weighted by atomic mass is 10.0. The monoisotopic (exact) mass is 437 g/mol. The molecule has 3 fully saturated rings. The standard InChI is InChI=1S/C20H24FN3O3S2/c1-28-11-16(25)22-14-6-8-23-17(14)19(26)24-9-7-15(18(24)20(23)27)29-10-12-2-4-13(21)5-3-12/h2-5,14-15,17-18H,6-11H2,1H3,(H,22,25)/t14-,15+,17+,18+/m1/s1. The van der Waals surface area contributed by atoms with Gasteiger partial charge in [-0.3, -0.25) is 14.4 Å². The van der Waals surface area contributed by atoms with E-state index in [1.165, 1.54) is 23.9 Å². The molecule has 0 bridgehead atoms. The van der Waals surface area contributed by atoms with E-state index in [4.69, 9.17) is 0 Å². The van der Waals surface area contributed by atoms with E-state index in [-0.39, 0.29) is 34.8 Å². The molecule has 9 heteroatoms. The summed E-state index contributed by atoms with van der Waals surface area (Å²) in [5.41, 5.74) is 1.00. The van der Waals surface area contributed by atoms with Gasteiger partial charge < -0.3 is 15.1 Å². The van der Waals surface area contributed by atoms with Gasteiger partial charge in [-0.1, -0.05) is 12.1 Å². The number of carbonyl (C=O) groups is 3. The smallest absolute Gasteiger partial charge is 0.248 e. The van der Waals surface area contributed by atoms with Gasteiger partial charge in [0.05, 0.1) is 11.8 Å². The number of thioether (sulfide) groups is 2. The SMILES string of the molecule is CSCC(=O)N[C@@H]1CCN2C(=O)[C@@H]3[C@@H](SCc4ccc(F)cc4)CCN3C(=O)[C@H]12. The number of halogens is 1. The summed E-state index contributed by atoms with van der Waals surface area (Å²) in [6, 6.07) is 5.05. The molecule has 29 heavy (non-hydrogen) atoms. The highest BCUT2D eigenvalue weighted by atomic mass is 32.2. The molecule has 0 unspecified atom stereocenters. The molecule has 1 N–H and O–H groups in total. The summed E-state index contributed by atoms with van der Waals surface area (Å²) in [5, 5.41) is 2.97. The van der Waals surface area contributed by atoms with E-state index in [1.807, 2.05) is 6.26 Å². The number of carbonyl (C=O) groups excluding carboxylic acids is 3. The number of amides is 3. The number of fused-ring (bicyclic) bond motifs is 2. The minimum Gasteiger partial charge on any atom is -0.350 e. The van der Waals surface area contributed by atoms with Gasteiger partial charge in [0.1, 0.15) is 17.9 Å². The maximum atomic E-state index is 13.2. The Morgan fingerprint density at radius 3 is 2.48 bits per heavy atom. The molecule has 6 nitrogen and oxygen atoms in total. The average Bonchev–Trinajstić information content (AvgIpc) is 3.31. The summed E-state index contributed by atoms with van der Waals surface area (Å²) in [7, 11) is 0.